The maximum Gasteiger partial charge on any atom is 0.236 e. The van der Waals surface area contributed by atoms with Crippen molar-refractivity contribution in [3.8, 4) is 0 Å². The molecule has 1 aliphatic rings. The minimum absolute atomic E-state index is 0.00722. The Morgan fingerprint density at radius 2 is 2.08 bits per heavy atom. The summed E-state index contributed by atoms with van der Waals surface area (Å²) in [6, 6.07) is 0. The third-order valence-electron chi connectivity index (χ3n) is 1.36. The number of carbonyl (C=O) groups is 1. The molecule has 0 atom stereocenters. The number of nitrogens with two attached hydrogens (primary N) is 1. The molecule has 0 spiro atoms. The van der Waals surface area contributed by atoms with Crippen molar-refractivity contribution in [3.63, 3.8) is 0 Å². The maximum absolute atomic E-state index is 12.0. The number of alkyl halides is 1. The number of rotatable bonds is 1. The standard InChI is InChI=1S/C5H9FN2O.C2H6O/c6-4-2-8(3-4)5(9)1-7;1-3-2/h4H,1-3,7H2;1-2H3. The fourth-order valence-electron chi connectivity index (χ4n) is 0.758. The molecule has 0 radical (unpaired) electrons. The van der Waals surface area contributed by atoms with Gasteiger partial charge in [0.15, 0.2) is 0 Å². The van der Waals surface area contributed by atoms with Crippen LogP contribution in [0.1, 0.15) is 0 Å². The lowest BCUT2D eigenvalue weighted by atomic mass is 10.2. The molecule has 12 heavy (non-hydrogen) atoms. The average Bonchev–Trinajstić information content (AvgIpc) is 1.99. The molecule has 0 bridgehead atoms. The first-order valence-corrected chi connectivity index (χ1v) is 3.67. The smallest absolute Gasteiger partial charge is 0.236 e. The second-order valence-electron chi connectivity index (χ2n) is 2.51. The number of nitrogens with zero attached hydrogens (tertiary/aromatic N) is 1. The van der Waals surface area contributed by atoms with Gasteiger partial charge in [-0.3, -0.25) is 4.79 Å². The van der Waals surface area contributed by atoms with Crippen LogP contribution in [0.25, 0.3) is 0 Å². The van der Waals surface area contributed by atoms with Gasteiger partial charge >= 0.3 is 0 Å². The Bertz CT molecular complexity index is 137. The predicted molar refractivity (Wildman–Crippen MR) is 43.5 cm³/mol. The highest BCUT2D eigenvalue weighted by Crippen LogP contribution is 2.09. The minimum atomic E-state index is -0.819. The van der Waals surface area contributed by atoms with E-state index in [1.807, 2.05) is 0 Å². The monoisotopic (exact) mass is 178 g/mol. The van der Waals surface area contributed by atoms with Crippen molar-refractivity contribution in [3.05, 3.63) is 0 Å². The summed E-state index contributed by atoms with van der Waals surface area (Å²) in [5.41, 5.74) is 5.01. The third-order valence-corrected chi connectivity index (χ3v) is 1.36. The van der Waals surface area contributed by atoms with Crippen LogP contribution in [0.3, 0.4) is 0 Å². The molecule has 2 N–H and O–H groups in total. The Kier molecular flexibility index (Phi) is 5.57. The van der Waals surface area contributed by atoms with Crippen molar-refractivity contribution in [2.24, 2.45) is 5.73 Å². The highest BCUT2D eigenvalue weighted by molar-refractivity contribution is 5.78. The van der Waals surface area contributed by atoms with Gasteiger partial charge in [-0.05, 0) is 0 Å². The number of amides is 1. The first-order valence-electron chi connectivity index (χ1n) is 3.67. The largest absolute Gasteiger partial charge is 0.388 e. The first-order chi connectivity index (χ1) is 5.65. The zero-order chi connectivity index (χ0) is 9.56. The number of halogens is 1. The van der Waals surface area contributed by atoms with Crippen LogP contribution in [0, 0.1) is 0 Å². The quantitative estimate of drug-likeness (QED) is 0.582. The number of carbonyl (C=O) groups excluding carboxylic acids is 1. The molecule has 1 heterocycles. The van der Waals surface area contributed by atoms with E-state index in [1.165, 1.54) is 4.90 Å². The van der Waals surface area contributed by atoms with E-state index in [4.69, 9.17) is 5.73 Å². The fourth-order valence-corrected chi connectivity index (χ4v) is 0.758. The maximum atomic E-state index is 12.0. The highest BCUT2D eigenvalue weighted by atomic mass is 19.1. The SMILES string of the molecule is COC.NCC(=O)N1CC(F)C1. The van der Waals surface area contributed by atoms with Gasteiger partial charge < -0.3 is 15.4 Å². The molecule has 5 heteroatoms. The average molecular weight is 178 g/mol. The van der Waals surface area contributed by atoms with Crippen LogP contribution in [0.15, 0.2) is 0 Å². The Hall–Kier alpha value is -0.680. The second-order valence-corrected chi connectivity index (χ2v) is 2.51. The van der Waals surface area contributed by atoms with Gasteiger partial charge in [-0.15, -0.1) is 0 Å². The molecular weight excluding hydrogens is 163 g/mol. The van der Waals surface area contributed by atoms with Crippen molar-refractivity contribution in [2.45, 2.75) is 6.17 Å². The third kappa shape index (κ3) is 3.64. The van der Waals surface area contributed by atoms with Gasteiger partial charge in [0.1, 0.15) is 6.17 Å². The molecule has 0 aromatic rings. The lowest BCUT2D eigenvalue weighted by Crippen LogP contribution is -2.53. The Labute approximate surface area is 71.5 Å². The van der Waals surface area contributed by atoms with Crippen LogP contribution in [0.2, 0.25) is 0 Å². The zero-order valence-corrected chi connectivity index (χ0v) is 7.42. The van der Waals surface area contributed by atoms with Crippen LogP contribution in [0.4, 0.5) is 4.39 Å². The Morgan fingerprint density at radius 3 is 2.33 bits per heavy atom. The topological polar surface area (TPSA) is 55.6 Å². The summed E-state index contributed by atoms with van der Waals surface area (Å²) in [6.45, 7) is 0.457. The van der Waals surface area contributed by atoms with E-state index < -0.39 is 6.17 Å². The summed E-state index contributed by atoms with van der Waals surface area (Å²) in [5.74, 6) is -0.163. The molecule has 1 saturated heterocycles. The predicted octanol–water partition coefficient (Wildman–Crippen LogP) is -0.612. The van der Waals surface area contributed by atoms with Crippen LogP contribution >= 0.6 is 0 Å². The zero-order valence-electron chi connectivity index (χ0n) is 7.42. The van der Waals surface area contributed by atoms with Gasteiger partial charge in [-0.1, -0.05) is 0 Å². The van der Waals surface area contributed by atoms with Crippen molar-refractivity contribution in [2.75, 3.05) is 33.9 Å². The molecule has 4 nitrogen and oxygen atoms in total. The fraction of sp³-hybridized carbons (Fsp3) is 0.857. The van der Waals surface area contributed by atoms with E-state index in [0.717, 1.165) is 0 Å². The molecule has 0 aromatic carbocycles. The van der Waals surface area contributed by atoms with E-state index in [9.17, 15) is 9.18 Å². The number of likely N-dealkylation sites (tertiary alicyclic amines) is 1. The van der Waals surface area contributed by atoms with Gasteiger partial charge in [0, 0.05) is 14.2 Å². The molecule has 1 amide bonds. The van der Waals surface area contributed by atoms with E-state index in [-0.39, 0.29) is 25.5 Å². The van der Waals surface area contributed by atoms with Crippen LogP contribution in [0.5, 0.6) is 0 Å². The van der Waals surface area contributed by atoms with E-state index in [0.29, 0.717) is 0 Å². The summed E-state index contributed by atoms with van der Waals surface area (Å²) < 4.78 is 16.3. The second kappa shape index (κ2) is 5.91. The van der Waals surface area contributed by atoms with Crippen molar-refractivity contribution >= 4 is 5.91 Å². The Balaban J connectivity index is 0.000000354. The lowest BCUT2D eigenvalue weighted by Gasteiger charge is -2.33. The molecule has 1 aliphatic heterocycles. The summed E-state index contributed by atoms with van der Waals surface area (Å²) in [6.07, 6.45) is -0.819. The molecule has 1 fully saturated rings. The molecular formula is C7H15FN2O2. The summed E-state index contributed by atoms with van der Waals surface area (Å²) in [7, 11) is 3.25. The van der Waals surface area contributed by atoms with Crippen molar-refractivity contribution in [1.29, 1.82) is 0 Å². The van der Waals surface area contributed by atoms with Crippen molar-refractivity contribution < 1.29 is 13.9 Å². The summed E-state index contributed by atoms with van der Waals surface area (Å²) >= 11 is 0. The van der Waals surface area contributed by atoms with E-state index in [1.54, 1.807) is 14.2 Å². The van der Waals surface area contributed by atoms with Crippen molar-refractivity contribution in [1.82, 2.24) is 4.90 Å². The molecule has 0 aromatic heterocycles. The molecule has 1 rings (SSSR count). The van der Waals surface area contributed by atoms with Crippen LogP contribution in [-0.2, 0) is 9.53 Å². The first kappa shape index (κ1) is 11.3. The molecule has 0 saturated carbocycles. The van der Waals surface area contributed by atoms with Gasteiger partial charge in [0.2, 0.25) is 5.91 Å². The molecule has 0 unspecified atom stereocenters. The van der Waals surface area contributed by atoms with Crippen LogP contribution < -0.4 is 5.73 Å². The van der Waals surface area contributed by atoms with Gasteiger partial charge in [0.25, 0.3) is 0 Å². The normalized spacial score (nSPS) is 16.2. The number of hydrogen-bond donors (Lipinski definition) is 1. The van der Waals surface area contributed by atoms with Crippen LogP contribution in [-0.4, -0.2) is 50.8 Å². The minimum Gasteiger partial charge on any atom is -0.388 e. The number of hydrogen-bond acceptors (Lipinski definition) is 3. The lowest BCUT2D eigenvalue weighted by molar-refractivity contribution is -0.136. The summed E-state index contributed by atoms with van der Waals surface area (Å²) in [4.78, 5) is 12.0. The number of ether oxygens (including phenoxy) is 1. The highest BCUT2D eigenvalue weighted by Gasteiger charge is 2.28. The number of methoxy groups -OCH3 is 1. The van der Waals surface area contributed by atoms with Gasteiger partial charge in [0.05, 0.1) is 19.6 Å². The van der Waals surface area contributed by atoms with E-state index in [2.05, 4.69) is 4.74 Å². The Morgan fingerprint density at radius 1 is 1.67 bits per heavy atom. The van der Waals surface area contributed by atoms with Gasteiger partial charge in [-0.25, -0.2) is 4.39 Å². The molecule has 0 aliphatic carbocycles. The molecule has 72 valence electrons. The summed E-state index contributed by atoms with van der Waals surface area (Å²) in [5, 5.41) is 0. The van der Waals surface area contributed by atoms with E-state index >= 15 is 0 Å². The van der Waals surface area contributed by atoms with Gasteiger partial charge in [-0.2, -0.15) is 0 Å².